The molecule has 5 rings (SSSR count). The topological polar surface area (TPSA) is 81.4 Å². The van der Waals surface area contributed by atoms with Gasteiger partial charge in [-0.2, -0.15) is 0 Å². The Kier molecular flexibility index (Phi) is 6.10. The summed E-state index contributed by atoms with van der Waals surface area (Å²) in [5, 5.41) is 2.91. The highest BCUT2D eigenvalue weighted by atomic mass is 19.1. The maximum Gasteiger partial charge on any atom is 0.339 e. The quantitative estimate of drug-likeness (QED) is 0.371. The number of allylic oxidation sites excluding steroid dienone is 1. The van der Waals surface area contributed by atoms with Crippen molar-refractivity contribution in [1.82, 2.24) is 4.98 Å². The van der Waals surface area contributed by atoms with Gasteiger partial charge in [-0.25, -0.2) is 18.6 Å². The first-order valence-corrected chi connectivity index (χ1v) is 11.1. The molecule has 176 valence electrons. The van der Waals surface area contributed by atoms with Crippen molar-refractivity contribution >= 4 is 40.1 Å². The largest absolute Gasteiger partial charge is 0.465 e. The number of amides is 1. The van der Waals surface area contributed by atoms with Gasteiger partial charge in [-0.15, -0.1) is 0 Å². The summed E-state index contributed by atoms with van der Waals surface area (Å²) in [6.45, 7) is -0.629. The number of pyridine rings is 1. The molecule has 0 saturated heterocycles. The number of esters is 1. The molecule has 2 aromatic carbocycles. The Balaban J connectivity index is 1.44. The van der Waals surface area contributed by atoms with Crippen molar-refractivity contribution in [3.63, 3.8) is 0 Å². The van der Waals surface area contributed by atoms with Gasteiger partial charge in [0.1, 0.15) is 17.4 Å². The molecule has 2 aromatic heterocycles. The van der Waals surface area contributed by atoms with Gasteiger partial charge in [0, 0.05) is 11.5 Å². The molecule has 2 heterocycles. The molecule has 0 fully saturated rings. The molecular weight excluding hydrogens is 454 g/mol. The molecule has 8 heteroatoms. The van der Waals surface area contributed by atoms with Crippen molar-refractivity contribution in [2.75, 3.05) is 11.9 Å². The number of hydrogen-bond donors (Lipinski definition) is 1. The third-order valence-electron chi connectivity index (χ3n) is 5.77. The van der Waals surface area contributed by atoms with Crippen LogP contribution in [-0.2, 0) is 16.0 Å². The second kappa shape index (κ2) is 9.50. The SMILES string of the molecule is O=C(COC(=O)c1c2c(nc3ccccc13)/C(=C\c1ccco1)CCC2)Nc1ccc(F)cc1F. The van der Waals surface area contributed by atoms with E-state index in [2.05, 4.69) is 5.32 Å². The summed E-state index contributed by atoms with van der Waals surface area (Å²) in [4.78, 5) is 30.3. The van der Waals surface area contributed by atoms with Gasteiger partial charge in [-0.05, 0) is 66.8 Å². The van der Waals surface area contributed by atoms with E-state index in [9.17, 15) is 18.4 Å². The number of benzene rings is 2. The summed E-state index contributed by atoms with van der Waals surface area (Å²) in [6.07, 6.45) is 5.72. The Morgan fingerprint density at radius 1 is 1.09 bits per heavy atom. The summed E-state index contributed by atoms with van der Waals surface area (Å²) in [5.41, 5.74) is 3.19. The van der Waals surface area contributed by atoms with Crippen molar-refractivity contribution in [3.05, 3.63) is 95.1 Å². The highest BCUT2D eigenvalue weighted by Gasteiger charge is 2.26. The van der Waals surface area contributed by atoms with Gasteiger partial charge in [0.05, 0.1) is 28.7 Å². The van der Waals surface area contributed by atoms with Gasteiger partial charge in [0.2, 0.25) is 0 Å². The fraction of sp³-hybridized carbons (Fsp3) is 0.148. The number of nitrogens with zero attached hydrogens (tertiary/aromatic N) is 1. The maximum atomic E-state index is 13.8. The second-order valence-corrected chi connectivity index (χ2v) is 8.12. The fourth-order valence-corrected chi connectivity index (χ4v) is 4.23. The van der Waals surface area contributed by atoms with Crippen LogP contribution in [0, 0.1) is 11.6 Å². The number of hydrogen-bond acceptors (Lipinski definition) is 5. The first-order valence-electron chi connectivity index (χ1n) is 11.1. The molecule has 0 aliphatic heterocycles. The fourth-order valence-electron chi connectivity index (χ4n) is 4.23. The average Bonchev–Trinajstić information content (AvgIpc) is 3.36. The number of anilines is 1. The average molecular weight is 474 g/mol. The van der Waals surface area contributed by atoms with Gasteiger partial charge < -0.3 is 14.5 Å². The molecule has 0 atom stereocenters. The Bertz CT molecular complexity index is 1460. The summed E-state index contributed by atoms with van der Waals surface area (Å²) < 4.78 is 37.7. The van der Waals surface area contributed by atoms with Gasteiger partial charge in [-0.3, -0.25) is 4.79 Å². The van der Waals surface area contributed by atoms with Gasteiger partial charge >= 0.3 is 5.97 Å². The Labute approximate surface area is 199 Å². The lowest BCUT2D eigenvalue weighted by atomic mass is 9.86. The lowest BCUT2D eigenvalue weighted by Crippen LogP contribution is -2.23. The molecule has 35 heavy (non-hydrogen) atoms. The van der Waals surface area contributed by atoms with E-state index in [1.54, 1.807) is 24.5 Å². The molecule has 4 aromatic rings. The number of furan rings is 1. The zero-order valence-electron chi connectivity index (χ0n) is 18.5. The minimum absolute atomic E-state index is 0.202. The monoisotopic (exact) mass is 474 g/mol. The van der Waals surface area contributed by atoms with Crippen LogP contribution in [-0.4, -0.2) is 23.5 Å². The Hall–Kier alpha value is -4.33. The minimum atomic E-state index is -0.922. The van der Waals surface area contributed by atoms with Gasteiger partial charge in [-0.1, -0.05) is 18.2 Å². The number of para-hydroxylation sites is 1. The number of halogens is 2. The molecule has 1 amide bonds. The lowest BCUT2D eigenvalue weighted by molar-refractivity contribution is -0.119. The van der Waals surface area contributed by atoms with E-state index >= 15 is 0 Å². The van der Waals surface area contributed by atoms with E-state index in [1.165, 1.54) is 0 Å². The van der Waals surface area contributed by atoms with Crippen molar-refractivity contribution in [1.29, 1.82) is 0 Å². The van der Waals surface area contributed by atoms with Crippen molar-refractivity contribution in [2.45, 2.75) is 19.3 Å². The van der Waals surface area contributed by atoms with Crippen LogP contribution in [0.5, 0.6) is 0 Å². The number of carbonyl (C=O) groups excluding carboxylic acids is 2. The van der Waals surface area contributed by atoms with E-state index < -0.39 is 30.1 Å². The molecule has 1 aliphatic carbocycles. The van der Waals surface area contributed by atoms with Gasteiger partial charge in [0.25, 0.3) is 5.91 Å². The van der Waals surface area contributed by atoms with E-state index in [1.807, 2.05) is 24.3 Å². The van der Waals surface area contributed by atoms with Crippen LogP contribution in [0.25, 0.3) is 22.6 Å². The van der Waals surface area contributed by atoms with E-state index in [-0.39, 0.29) is 5.69 Å². The van der Waals surface area contributed by atoms with E-state index in [4.69, 9.17) is 14.1 Å². The van der Waals surface area contributed by atoms with Gasteiger partial charge in [0.15, 0.2) is 6.61 Å². The smallest absolute Gasteiger partial charge is 0.339 e. The number of aromatic nitrogens is 1. The van der Waals surface area contributed by atoms with Crippen molar-refractivity contribution < 1.29 is 27.5 Å². The predicted octanol–water partition coefficient (Wildman–Crippen LogP) is 5.78. The highest BCUT2D eigenvalue weighted by molar-refractivity contribution is 6.07. The molecule has 0 bridgehead atoms. The first-order chi connectivity index (χ1) is 17.0. The third-order valence-corrected chi connectivity index (χ3v) is 5.77. The van der Waals surface area contributed by atoms with Crippen LogP contribution in [0.3, 0.4) is 0 Å². The number of fused-ring (bicyclic) bond motifs is 2. The normalized spacial score (nSPS) is 14.1. The van der Waals surface area contributed by atoms with Crippen LogP contribution in [0.15, 0.2) is 65.3 Å². The highest BCUT2D eigenvalue weighted by Crippen LogP contribution is 2.36. The number of carbonyl (C=O) groups is 2. The van der Waals surface area contributed by atoms with Crippen molar-refractivity contribution in [3.8, 4) is 0 Å². The number of rotatable bonds is 5. The summed E-state index contributed by atoms with van der Waals surface area (Å²) in [6, 6.07) is 13.7. The van der Waals surface area contributed by atoms with Crippen LogP contribution >= 0.6 is 0 Å². The molecule has 0 saturated carbocycles. The first kappa shape index (κ1) is 22.5. The van der Waals surface area contributed by atoms with E-state index in [0.29, 0.717) is 40.4 Å². The minimum Gasteiger partial charge on any atom is -0.465 e. The zero-order valence-corrected chi connectivity index (χ0v) is 18.5. The van der Waals surface area contributed by atoms with Crippen molar-refractivity contribution in [2.24, 2.45) is 0 Å². The van der Waals surface area contributed by atoms with Crippen LogP contribution in [0.4, 0.5) is 14.5 Å². The molecule has 1 N–H and O–H groups in total. The Morgan fingerprint density at radius 3 is 2.74 bits per heavy atom. The zero-order chi connectivity index (χ0) is 24.4. The molecule has 0 radical (unpaired) electrons. The summed E-state index contributed by atoms with van der Waals surface area (Å²) >= 11 is 0. The second-order valence-electron chi connectivity index (χ2n) is 8.12. The molecule has 1 aliphatic rings. The summed E-state index contributed by atoms with van der Waals surface area (Å²) in [7, 11) is 0. The standard InChI is InChI=1S/C27H20F2N2O4/c28-17-10-11-23(21(29)14-17)30-24(32)15-35-27(33)25-19-7-1-2-9-22(19)31-26-16(5-3-8-20(25)26)13-18-6-4-12-34-18/h1-2,4,6-7,9-14H,3,5,8,15H2,(H,30,32)/b16-13-. The number of nitrogens with one attached hydrogen (secondary N) is 1. The van der Waals surface area contributed by atoms with Crippen LogP contribution < -0.4 is 5.32 Å². The maximum absolute atomic E-state index is 13.8. The lowest BCUT2D eigenvalue weighted by Gasteiger charge is -2.22. The summed E-state index contributed by atoms with van der Waals surface area (Å²) in [5.74, 6) is -2.41. The molecule has 6 nitrogen and oxygen atoms in total. The Morgan fingerprint density at radius 2 is 1.94 bits per heavy atom. The predicted molar refractivity (Wildman–Crippen MR) is 127 cm³/mol. The number of ether oxygens (including phenoxy) is 1. The molecule has 0 unspecified atom stereocenters. The molecular formula is C27H20F2N2O4. The van der Waals surface area contributed by atoms with E-state index in [0.717, 1.165) is 36.1 Å². The third kappa shape index (κ3) is 4.68. The van der Waals surface area contributed by atoms with Crippen LogP contribution in [0.2, 0.25) is 0 Å². The van der Waals surface area contributed by atoms with Crippen LogP contribution in [0.1, 0.15) is 40.2 Å². The molecule has 0 spiro atoms.